The molecular formula is C16H19ClN4O. The van der Waals surface area contributed by atoms with Crippen LogP contribution in [-0.4, -0.2) is 34.3 Å². The number of hydrogen-bond acceptors (Lipinski definition) is 5. The Morgan fingerprint density at radius 1 is 1.32 bits per heavy atom. The zero-order valence-corrected chi connectivity index (χ0v) is 13.2. The number of nitrogens with zero attached hydrogens (tertiary/aromatic N) is 3. The molecule has 1 aliphatic rings. The summed E-state index contributed by atoms with van der Waals surface area (Å²) in [7, 11) is 0. The minimum absolute atomic E-state index is 0.0352. The molecule has 0 amide bonds. The summed E-state index contributed by atoms with van der Waals surface area (Å²) in [5.41, 5.74) is 2.59. The van der Waals surface area contributed by atoms with Crippen LogP contribution in [0.3, 0.4) is 0 Å². The average molecular weight is 319 g/mol. The van der Waals surface area contributed by atoms with E-state index >= 15 is 0 Å². The molecule has 6 heteroatoms. The quantitative estimate of drug-likeness (QED) is 0.907. The van der Waals surface area contributed by atoms with Crippen molar-refractivity contribution in [2.24, 2.45) is 0 Å². The van der Waals surface area contributed by atoms with Gasteiger partial charge in [-0.3, -0.25) is 0 Å². The van der Waals surface area contributed by atoms with Gasteiger partial charge in [-0.2, -0.15) is 0 Å². The van der Waals surface area contributed by atoms with Crippen LogP contribution in [0.4, 0.5) is 11.6 Å². The van der Waals surface area contributed by atoms with Gasteiger partial charge in [0.1, 0.15) is 18.0 Å². The van der Waals surface area contributed by atoms with Crippen LogP contribution in [0.25, 0.3) is 0 Å². The average Bonchev–Trinajstić information content (AvgIpc) is 2.54. The van der Waals surface area contributed by atoms with Gasteiger partial charge in [-0.25, -0.2) is 9.97 Å². The van der Waals surface area contributed by atoms with Gasteiger partial charge in [0.05, 0.1) is 6.61 Å². The molecule has 1 aromatic heterocycles. The van der Waals surface area contributed by atoms with Gasteiger partial charge in [-0.05, 0) is 36.6 Å². The number of fused-ring (bicyclic) bond motifs is 1. The molecule has 2 N–H and O–H groups in total. The molecule has 0 saturated carbocycles. The summed E-state index contributed by atoms with van der Waals surface area (Å²) in [5.74, 6) is 1.62. The standard InChI is InChI=1S/C16H19ClN4O/c1-11(9-22)20-15-7-16(19-10-18-15)21-5-4-12-6-14(17)3-2-13(12)8-21/h2-3,6-7,10-11,22H,4-5,8-9H2,1H3,(H,18,19,20)/t11-/m1/s1. The second-order valence-electron chi connectivity index (χ2n) is 5.57. The second-order valence-corrected chi connectivity index (χ2v) is 6.01. The number of hydrogen-bond donors (Lipinski definition) is 2. The Kier molecular flexibility index (Phi) is 4.45. The van der Waals surface area contributed by atoms with E-state index in [9.17, 15) is 0 Å². The van der Waals surface area contributed by atoms with Gasteiger partial charge in [-0.1, -0.05) is 17.7 Å². The highest BCUT2D eigenvalue weighted by molar-refractivity contribution is 6.30. The molecule has 0 saturated heterocycles. The lowest BCUT2D eigenvalue weighted by Crippen LogP contribution is -2.31. The first-order valence-electron chi connectivity index (χ1n) is 7.37. The molecular weight excluding hydrogens is 300 g/mol. The third-order valence-corrected chi connectivity index (χ3v) is 4.06. The lowest BCUT2D eigenvalue weighted by Gasteiger charge is -2.30. The van der Waals surface area contributed by atoms with E-state index in [4.69, 9.17) is 16.7 Å². The van der Waals surface area contributed by atoms with Crippen LogP contribution in [0.5, 0.6) is 0 Å². The van der Waals surface area contributed by atoms with Gasteiger partial charge in [-0.15, -0.1) is 0 Å². The van der Waals surface area contributed by atoms with Crippen LogP contribution in [0, 0.1) is 0 Å². The highest BCUT2D eigenvalue weighted by Crippen LogP contribution is 2.26. The Labute approximate surface area is 135 Å². The Balaban J connectivity index is 1.78. The van der Waals surface area contributed by atoms with Crippen molar-refractivity contribution in [3.05, 3.63) is 46.7 Å². The monoisotopic (exact) mass is 318 g/mol. The predicted octanol–water partition coefficient (Wildman–Crippen LogP) is 2.49. The van der Waals surface area contributed by atoms with E-state index in [-0.39, 0.29) is 12.6 Å². The number of aliphatic hydroxyl groups is 1. The summed E-state index contributed by atoms with van der Waals surface area (Å²) in [6, 6.07) is 7.95. The molecule has 3 rings (SSSR count). The van der Waals surface area contributed by atoms with Crippen LogP contribution in [-0.2, 0) is 13.0 Å². The highest BCUT2D eigenvalue weighted by Gasteiger charge is 2.18. The predicted molar refractivity (Wildman–Crippen MR) is 88.4 cm³/mol. The highest BCUT2D eigenvalue weighted by atomic mass is 35.5. The lowest BCUT2D eigenvalue weighted by molar-refractivity contribution is 0.281. The SMILES string of the molecule is C[C@H](CO)Nc1cc(N2CCc3cc(Cl)ccc3C2)ncn1. The molecule has 5 nitrogen and oxygen atoms in total. The van der Waals surface area contributed by atoms with Gasteiger partial charge in [0, 0.05) is 30.2 Å². The zero-order valence-electron chi connectivity index (χ0n) is 12.5. The number of rotatable bonds is 4. The fraction of sp³-hybridized carbons (Fsp3) is 0.375. The van der Waals surface area contributed by atoms with Gasteiger partial charge in [0.15, 0.2) is 0 Å². The maximum Gasteiger partial charge on any atom is 0.134 e. The Morgan fingerprint density at radius 3 is 3.00 bits per heavy atom. The van der Waals surface area contributed by atoms with Crippen LogP contribution in [0.15, 0.2) is 30.6 Å². The van der Waals surface area contributed by atoms with Crippen molar-refractivity contribution in [2.75, 3.05) is 23.4 Å². The maximum atomic E-state index is 9.12. The zero-order chi connectivity index (χ0) is 15.5. The smallest absolute Gasteiger partial charge is 0.134 e. The van der Waals surface area contributed by atoms with E-state index in [0.717, 1.165) is 36.2 Å². The van der Waals surface area contributed by atoms with Crippen LogP contribution >= 0.6 is 11.6 Å². The van der Waals surface area contributed by atoms with Crippen molar-refractivity contribution in [1.82, 2.24) is 9.97 Å². The normalized spacial score (nSPS) is 15.3. The molecule has 0 bridgehead atoms. The molecule has 1 aromatic carbocycles. The van der Waals surface area contributed by atoms with Gasteiger partial charge < -0.3 is 15.3 Å². The molecule has 0 fully saturated rings. The number of nitrogens with one attached hydrogen (secondary N) is 1. The first-order valence-corrected chi connectivity index (χ1v) is 7.75. The van der Waals surface area contributed by atoms with Crippen LogP contribution in [0.1, 0.15) is 18.1 Å². The van der Waals surface area contributed by atoms with Gasteiger partial charge >= 0.3 is 0 Å². The summed E-state index contributed by atoms with van der Waals surface area (Å²) in [6.07, 6.45) is 2.51. The summed E-state index contributed by atoms with van der Waals surface area (Å²) in [6.45, 7) is 3.69. The van der Waals surface area contributed by atoms with Crippen molar-refractivity contribution >= 4 is 23.2 Å². The van der Waals surface area contributed by atoms with Crippen molar-refractivity contribution in [3.63, 3.8) is 0 Å². The van der Waals surface area contributed by atoms with E-state index in [2.05, 4.69) is 26.3 Å². The molecule has 2 heterocycles. The summed E-state index contributed by atoms with van der Waals surface area (Å²) in [5, 5.41) is 13.1. The summed E-state index contributed by atoms with van der Waals surface area (Å²) in [4.78, 5) is 10.8. The fourth-order valence-corrected chi connectivity index (χ4v) is 2.81. The number of benzene rings is 1. The van der Waals surface area contributed by atoms with Crippen LogP contribution < -0.4 is 10.2 Å². The maximum absolute atomic E-state index is 9.12. The van der Waals surface area contributed by atoms with Crippen molar-refractivity contribution in [3.8, 4) is 0 Å². The minimum atomic E-state index is -0.0352. The number of anilines is 2. The Bertz CT molecular complexity index is 664. The third kappa shape index (κ3) is 3.31. The Hall–Kier alpha value is -1.85. The number of aliphatic hydroxyl groups excluding tert-OH is 1. The summed E-state index contributed by atoms with van der Waals surface area (Å²) >= 11 is 6.05. The molecule has 2 aromatic rings. The van der Waals surface area contributed by atoms with Crippen molar-refractivity contribution in [1.29, 1.82) is 0 Å². The van der Waals surface area contributed by atoms with E-state index in [1.165, 1.54) is 11.1 Å². The number of aromatic nitrogens is 2. The van der Waals surface area contributed by atoms with E-state index in [1.807, 2.05) is 25.1 Å². The molecule has 1 aliphatic heterocycles. The molecule has 116 valence electrons. The fourth-order valence-electron chi connectivity index (χ4n) is 2.61. The van der Waals surface area contributed by atoms with Gasteiger partial charge in [0.2, 0.25) is 0 Å². The molecule has 0 aliphatic carbocycles. The van der Waals surface area contributed by atoms with E-state index in [1.54, 1.807) is 6.33 Å². The van der Waals surface area contributed by atoms with E-state index < -0.39 is 0 Å². The number of halogens is 1. The molecule has 1 atom stereocenters. The Morgan fingerprint density at radius 2 is 2.18 bits per heavy atom. The summed E-state index contributed by atoms with van der Waals surface area (Å²) < 4.78 is 0. The third-order valence-electron chi connectivity index (χ3n) is 3.83. The minimum Gasteiger partial charge on any atom is -0.394 e. The topological polar surface area (TPSA) is 61.3 Å². The molecule has 0 unspecified atom stereocenters. The van der Waals surface area contributed by atoms with Gasteiger partial charge in [0.25, 0.3) is 0 Å². The molecule has 22 heavy (non-hydrogen) atoms. The lowest BCUT2D eigenvalue weighted by atomic mass is 10.00. The first kappa shape index (κ1) is 15.1. The first-order chi connectivity index (χ1) is 10.7. The van der Waals surface area contributed by atoms with Crippen molar-refractivity contribution < 1.29 is 5.11 Å². The van der Waals surface area contributed by atoms with Crippen molar-refractivity contribution in [2.45, 2.75) is 25.9 Å². The molecule has 0 spiro atoms. The molecule has 0 radical (unpaired) electrons. The van der Waals surface area contributed by atoms with Crippen LogP contribution in [0.2, 0.25) is 5.02 Å². The van der Waals surface area contributed by atoms with E-state index in [0.29, 0.717) is 0 Å². The second kappa shape index (κ2) is 6.50. The largest absolute Gasteiger partial charge is 0.394 e.